The van der Waals surface area contributed by atoms with Gasteiger partial charge in [-0.25, -0.2) is 0 Å². The fourth-order valence-electron chi connectivity index (χ4n) is 1.29. The predicted molar refractivity (Wildman–Crippen MR) is 47.4 cm³/mol. The highest BCUT2D eigenvalue weighted by atomic mass is 16.5. The van der Waals surface area contributed by atoms with Crippen LogP contribution in [0.5, 0.6) is 0 Å². The molecular weight excluding hydrogens is 184 g/mol. The molecular formula is C8H12N4O2. The van der Waals surface area contributed by atoms with E-state index in [9.17, 15) is 4.79 Å². The molecule has 0 aromatic carbocycles. The Morgan fingerprint density at radius 1 is 1.64 bits per heavy atom. The topological polar surface area (TPSA) is 80.0 Å². The molecule has 1 saturated heterocycles. The number of nitrogens with zero attached hydrogens (tertiary/aromatic N) is 2. The lowest BCUT2D eigenvalue weighted by molar-refractivity contribution is -0.121. The van der Waals surface area contributed by atoms with E-state index < -0.39 is 0 Å². The zero-order valence-corrected chi connectivity index (χ0v) is 7.91. The van der Waals surface area contributed by atoms with E-state index in [0.717, 1.165) is 6.42 Å². The number of nitrogens with one attached hydrogen (secondary N) is 2. The van der Waals surface area contributed by atoms with Crippen molar-refractivity contribution in [1.82, 2.24) is 20.8 Å². The Bertz CT molecular complexity index is 326. The highest BCUT2D eigenvalue weighted by Gasteiger charge is 2.23. The fourth-order valence-corrected chi connectivity index (χ4v) is 1.29. The SMILES string of the molecule is CCc1noc(C2CNC(=O)CN2)n1. The van der Waals surface area contributed by atoms with Crippen molar-refractivity contribution in [3.05, 3.63) is 11.7 Å². The number of amides is 1. The average molecular weight is 196 g/mol. The summed E-state index contributed by atoms with van der Waals surface area (Å²) in [6.45, 7) is 2.77. The van der Waals surface area contributed by atoms with Crippen molar-refractivity contribution in [2.24, 2.45) is 0 Å². The van der Waals surface area contributed by atoms with Crippen molar-refractivity contribution in [1.29, 1.82) is 0 Å². The summed E-state index contributed by atoms with van der Waals surface area (Å²) in [4.78, 5) is 15.0. The molecule has 0 aliphatic carbocycles. The third-order valence-corrected chi connectivity index (χ3v) is 2.11. The first-order valence-corrected chi connectivity index (χ1v) is 4.62. The van der Waals surface area contributed by atoms with E-state index in [2.05, 4.69) is 20.8 Å². The predicted octanol–water partition coefficient (Wildman–Crippen LogP) is -0.607. The maximum Gasteiger partial charge on any atom is 0.245 e. The maximum absolute atomic E-state index is 10.9. The Morgan fingerprint density at radius 2 is 2.50 bits per heavy atom. The van der Waals surface area contributed by atoms with Gasteiger partial charge in [0.25, 0.3) is 0 Å². The van der Waals surface area contributed by atoms with Gasteiger partial charge >= 0.3 is 0 Å². The van der Waals surface area contributed by atoms with E-state index in [1.54, 1.807) is 0 Å². The van der Waals surface area contributed by atoms with Crippen LogP contribution in [0.2, 0.25) is 0 Å². The maximum atomic E-state index is 10.9. The molecule has 6 nitrogen and oxygen atoms in total. The van der Waals surface area contributed by atoms with Crippen molar-refractivity contribution >= 4 is 5.91 Å². The van der Waals surface area contributed by atoms with Crippen LogP contribution in [-0.2, 0) is 11.2 Å². The summed E-state index contributed by atoms with van der Waals surface area (Å²) in [5.41, 5.74) is 0. The Hall–Kier alpha value is -1.43. The Kier molecular flexibility index (Phi) is 2.45. The van der Waals surface area contributed by atoms with Crippen LogP contribution in [0.3, 0.4) is 0 Å². The molecule has 1 unspecified atom stereocenters. The number of rotatable bonds is 2. The van der Waals surface area contributed by atoms with Gasteiger partial charge in [0.15, 0.2) is 5.82 Å². The summed E-state index contributed by atoms with van der Waals surface area (Å²) in [5, 5.41) is 9.53. The van der Waals surface area contributed by atoms with Gasteiger partial charge in [-0.05, 0) is 0 Å². The summed E-state index contributed by atoms with van der Waals surface area (Å²) in [5.74, 6) is 1.23. The summed E-state index contributed by atoms with van der Waals surface area (Å²) in [7, 11) is 0. The van der Waals surface area contributed by atoms with Crippen LogP contribution in [0.4, 0.5) is 0 Å². The molecule has 1 amide bonds. The smallest absolute Gasteiger partial charge is 0.245 e. The second-order valence-electron chi connectivity index (χ2n) is 3.14. The number of carbonyl (C=O) groups is 1. The van der Waals surface area contributed by atoms with Crippen LogP contribution < -0.4 is 10.6 Å². The van der Waals surface area contributed by atoms with Gasteiger partial charge in [0.1, 0.15) is 6.04 Å². The Balaban J connectivity index is 2.04. The highest BCUT2D eigenvalue weighted by molar-refractivity contribution is 5.78. The summed E-state index contributed by atoms with van der Waals surface area (Å²) in [6.07, 6.45) is 0.753. The van der Waals surface area contributed by atoms with Crippen molar-refractivity contribution < 1.29 is 9.32 Å². The van der Waals surface area contributed by atoms with Gasteiger partial charge in [-0.15, -0.1) is 0 Å². The number of aryl methyl sites for hydroxylation is 1. The van der Waals surface area contributed by atoms with Gasteiger partial charge in [-0.1, -0.05) is 12.1 Å². The van der Waals surface area contributed by atoms with E-state index in [1.807, 2.05) is 6.92 Å². The van der Waals surface area contributed by atoms with E-state index in [-0.39, 0.29) is 11.9 Å². The second-order valence-corrected chi connectivity index (χ2v) is 3.14. The molecule has 1 aromatic heterocycles. The van der Waals surface area contributed by atoms with Gasteiger partial charge in [-0.3, -0.25) is 10.1 Å². The number of carbonyl (C=O) groups excluding carboxylic acids is 1. The molecule has 2 N–H and O–H groups in total. The number of piperazine rings is 1. The second kappa shape index (κ2) is 3.75. The normalized spacial score (nSPS) is 22.1. The Labute approximate surface area is 81.1 Å². The largest absolute Gasteiger partial charge is 0.353 e. The minimum Gasteiger partial charge on any atom is -0.353 e. The Morgan fingerprint density at radius 3 is 3.07 bits per heavy atom. The summed E-state index contributed by atoms with van der Waals surface area (Å²) < 4.78 is 5.06. The zero-order valence-electron chi connectivity index (χ0n) is 7.91. The van der Waals surface area contributed by atoms with Crippen LogP contribution in [-0.4, -0.2) is 29.1 Å². The molecule has 2 rings (SSSR count). The lowest BCUT2D eigenvalue weighted by Gasteiger charge is -2.20. The standard InChI is InChI=1S/C8H12N4O2/c1-2-6-11-8(14-12-6)5-3-10-7(13)4-9-5/h5,9H,2-4H2,1H3,(H,10,13). The van der Waals surface area contributed by atoms with Crippen molar-refractivity contribution in [3.8, 4) is 0 Å². The van der Waals surface area contributed by atoms with E-state index in [0.29, 0.717) is 24.8 Å². The molecule has 6 heteroatoms. The van der Waals surface area contributed by atoms with Gasteiger partial charge in [0.2, 0.25) is 11.8 Å². The summed E-state index contributed by atoms with van der Waals surface area (Å²) in [6, 6.07) is -0.0551. The molecule has 0 bridgehead atoms. The molecule has 0 spiro atoms. The van der Waals surface area contributed by atoms with Gasteiger partial charge in [-0.2, -0.15) is 4.98 Å². The van der Waals surface area contributed by atoms with E-state index in [4.69, 9.17) is 4.52 Å². The number of aromatic nitrogens is 2. The van der Waals surface area contributed by atoms with Crippen molar-refractivity contribution in [2.45, 2.75) is 19.4 Å². The number of hydrogen-bond acceptors (Lipinski definition) is 5. The van der Waals surface area contributed by atoms with Crippen molar-refractivity contribution in [2.75, 3.05) is 13.1 Å². The van der Waals surface area contributed by atoms with Gasteiger partial charge < -0.3 is 9.84 Å². The first-order chi connectivity index (χ1) is 6.79. The molecule has 1 aromatic rings. The lowest BCUT2D eigenvalue weighted by Crippen LogP contribution is -2.47. The van der Waals surface area contributed by atoms with Gasteiger partial charge in [0, 0.05) is 13.0 Å². The minimum atomic E-state index is -0.0551. The molecule has 1 aliphatic heterocycles. The first-order valence-electron chi connectivity index (χ1n) is 4.62. The van der Waals surface area contributed by atoms with Gasteiger partial charge in [0.05, 0.1) is 6.54 Å². The van der Waals surface area contributed by atoms with Crippen LogP contribution in [0, 0.1) is 0 Å². The molecule has 0 saturated carbocycles. The lowest BCUT2D eigenvalue weighted by atomic mass is 10.2. The van der Waals surface area contributed by atoms with Crippen LogP contribution in [0.1, 0.15) is 24.7 Å². The fraction of sp³-hybridized carbons (Fsp3) is 0.625. The quantitative estimate of drug-likeness (QED) is 0.659. The first kappa shape index (κ1) is 9.14. The molecule has 1 fully saturated rings. The number of hydrogen-bond donors (Lipinski definition) is 2. The van der Waals surface area contributed by atoms with Crippen LogP contribution in [0.15, 0.2) is 4.52 Å². The molecule has 0 radical (unpaired) electrons. The molecule has 1 atom stereocenters. The van der Waals surface area contributed by atoms with Crippen LogP contribution in [0.25, 0.3) is 0 Å². The molecule has 14 heavy (non-hydrogen) atoms. The average Bonchev–Trinajstić information content (AvgIpc) is 2.67. The third-order valence-electron chi connectivity index (χ3n) is 2.11. The van der Waals surface area contributed by atoms with Crippen molar-refractivity contribution in [3.63, 3.8) is 0 Å². The van der Waals surface area contributed by atoms with E-state index >= 15 is 0 Å². The summed E-state index contributed by atoms with van der Waals surface area (Å²) >= 11 is 0. The zero-order chi connectivity index (χ0) is 9.97. The molecule has 76 valence electrons. The third kappa shape index (κ3) is 1.74. The minimum absolute atomic E-state index is 0.00326. The molecule has 1 aliphatic rings. The monoisotopic (exact) mass is 196 g/mol. The highest BCUT2D eigenvalue weighted by Crippen LogP contribution is 2.11. The van der Waals surface area contributed by atoms with Crippen LogP contribution >= 0.6 is 0 Å². The molecule has 2 heterocycles. The van der Waals surface area contributed by atoms with E-state index in [1.165, 1.54) is 0 Å².